The van der Waals surface area contributed by atoms with Crippen LogP contribution in [0.2, 0.25) is 0 Å². The molecule has 13 rings (SSSR count). The van der Waals surface area contributed by atoms with Crippen molar-refractivity contribution in [3.8, 4) is 44.8 Å². The number of fused-ring (bicyclic) bond motifs is 10. The van der Waals surface area contributed by atoms with Crippen LogP contribution < -0.4 is 0 Å². The molecular weight excluding hydrogens is 773 g/mol. The minimum absolute atomic E-state index is 0.481. The van der Waals surface area contributed by atoms with Crippen LogP contribution in [0.4, 0.5) is 0 Å². The summed E-state index contributed by atoms with van der Waals surface area (Å²) in [5, 5.41) is 9.40. The van der Waals surface area contributed by atoms with Gasteiger partial charge in [-0.25, -0.2) is 9.97 Å². The molecule has 2 heterocycles. The normalized spacial score (nSPS) is 12.9. The number of benzene rings is 10. The van der Waals surface area contributed by atoms with Crippen molar-refractivity contribution < 1.29 is 0 Å². The van der Waals surface area contributed by atoms with Gasteiger partial charge in [0.05, 0.1) is 27.8 Å². The third-order valence-electron chi connectivity index (χ3n) is 13.9. The second-order valence-corrected chi connectivity index (χ2v) is 17.3. The summed E-state index contributed by atoms with van der Waals surface area (Å²) < 4.78 is 0. The number of hydrogen-bond donors (Lipinski definition) is 0. The van der Waals surface area contributed by atoms with E-state index in [1.165, 1.54) is 71.6 Å². The standard InChI is InChI=1S/C62H40N2/c1-39-49(40-15-5-2-6-16-40)33-31-41-25-26-42-32-34-57(63-61(42)59(39)41)45-29-27-44-36-46(30-28-43(44)35-45)60-54-37-53-50-21-11-13-23-55(50)62(47-17-7-3-8-18-47,48-19-9-4-10-20-48)56(53)38-52(54)51-22-12-14-24-58(51)64-60/h2-38H,1H3. The summed E-state index contributed by atoms with van der Waals surface area (Å²) >= 11 is 0. The van der Waals surface area contributed by atoms with Crippen molar-refractivity contribution in [1.82, 2.24) is 9.97 Å². The van der Waals surface area contributed by atoms with Gasteiger partial charge in [-0.15, -0.1) is 0 Å². The Kier molecular flexibility index (Phi) is 8.07. The molecule has 1 aliphatic carbocycles. The molecule has 64 heavy (non-hydrogen) atoms. The molecule has 0 fully saturated rings. The van der Waals surface area contributed by atoms with Crippen LogP contribution in [0.25, 0.3) is 98.9 Å². The first-order chi connectivity index (χ1) is 31.6. The van der Waals surface area contributed by atoms with Crippen molar-refractivity contribution in [2.75, 3.05) is 0 Å². The Morgan fingerprint density at radius 2 is 0.969 bits per heavy atom. The molecule has 0 atom stereocenters. The molecule has 0 amide bonds. The first-order valence-electron chi connectivity index (χ1n) is 22.1. The van der Waals surface area contributed by atoms with Gasteiger partial charge < -0.3 is 0 Å². The molecule has 12 aromatic rings. The van der Waals surface area contributed by atoms with Crippen molar-refractivity contribution in [2.45, 2.75) is 12.3 Å². The molecule has 0 N–H and O–H groups in total. The highest BCUT2D eigenvalue weighted by molar-refractivity contribution is 6.14. The van der Waals surface area contributed by atoms with Crippen LogP contribution in [-0.4, -0.2) is 9.97 Å². The monoisotopic (exact) mass is 812 g/mol. The maximum Gasteiger partial charge on any atom is 0.0790 e. The van der Waals surface area contributed by atoms with Crippen molar-refractivity contribution in [3.63, 3.8) is 0 Å². The van der Waals surface area contributed by atoms with E-state index in [4.69, 9.17) is 9.97 Å². The minimum Gasteiger partial charge on any atom is -0.247 e. The molecule has 0 unspecified atom stereocenters. The Morgan fingerprint density at radius 1 is 0.359 bits per heavy atom. The lowest BCUT2D eigenvalue weighted by Gasteiger charge is -2.34. The third kappa shape index (κ3) is 5.39. The highest BCUT2D eigenvalue weighted by Crippen LogP contribution is 2.57. The quantitative estimate of drug-likeness (QED) is 0.162. The van der Waals surface area contributed by atoms with E-state index in [2.05, 4.69) is 231 Å². The number of hydrogen-bond acceptors (Lipinski definition) is 2. The molecule has 2 nitrogen and oxygen atoms in total. The van der Waals surface area contributed by atoms with Crippen LogP contribution in [0.3, 0.4) is 0 Å². The number of nitrogens with zero attached hydrogens (tertiary/aromatic N) is 2. The van der Waals surface area contributed by atoms with Gasteiger partial charge in [0, 0.05) is 32.7 Å². The number of aromatic nitrogens is 2. The fraction of sp³-hybridized carbons (Fsp3) is 0.0323. The molecule has 0 aliphatic heterocycles. The topological polar surface area (TPSA) is 25.8 Å². The molecule has 0 saturated carbocycles. The molecule has 0 radical (unpaired) electrons. The molecule has 10 aromatic carbocycles. The first kappa shape index (κ1) is 36.5. The van der Waals surface area contributed by atoms with Crippen LogP contribution in [0.1, 0.15) is 27.8 Å². The molecule has 1 aliphatic rings. The van der Waals surface area contributed by atoms with E-state index in [1.807, 2.05) is 0 Å². The van der Waals surface area contributed by atoms with Gasteiger partial charge in [0.25, 0.3) is 0 Å². The Labute approximate surface area is 371 Å². The van der Waals surface area contributed by atoms with Crippen molar-refractivity contribution in [2.24, 2.45) is 0 Å². The lowest BCUT2D eigenvalue weighted by Crippen LogP contribution is -2.28. The highest BCUT2D eigenvalue weighted by atomic mass is 14.7. The van der Waals surface area contributed by atoms with Gasteiger partial charge in [0.15, 0.2) is 0 Å². The second kappa shape index (κ2) is 14.2. The molecule has 0 spiro atoms. The fourth-order valence-corrected chi connectivity index (χ4v) is 10.9. The zero-order valence-electron chi connectivity index (χ0n) is 35.3. The number of aryl methyl sites for hydroxylation is 1. The maximum absolute atomic E-state index is 5.46. The molecular formula is C62H40N2. The Hall–Kier alpha value is -8.20. The van der Waals surface area contributed by atoms with Gasteiger partial charge >= 0.3 is 0 Å². The van der Waals surface area contributed by atoms with Gasteiger partial charge in [-0.2, -0.15) is 0 Å². The van der Waals surface area contributed by atoms with E-state index in [1.54, 1.807) is 0 Å². The average molecular weight is 813 g/mol. The van der Waals surface area contributed by atoms with Gasteiger partial charge in [0.2, 0.25) is 0 Å². The van der Waals surface area contributed by atoms with E-state index in [0.29, 0.717) is 0 Å². The third-order valence-corrected chi connectivity index (χ3v) is 13.9. The summed E-state index contributed by atoms with van der Waals surface area (Å²) in [5.74, 6) is 0. The second-order valence-electron chi connectivity index (χ2n) is 17.3. The summed E-state index contributed by atoms with van der Waals surface area (Å²) in [4.78, 5) is 10.8. The molecule has 2 heteroatoms. The number of para-hydroxylation sites is 1. The van der Waals surface area contributed by atoms with Crippen molar-refractivity contribution in [1.29, 1.82) is 0 Å². The van der Waals surface area contributed by atoms with E-state index in [9.17, 15) is 0 Å². The Morgan fingerprint density at radius 3 is 1.75 bits per heavy atom. The lowest BCUT2D eigenvalue weighted by atomic mass is 9.67. The Balaban J connectivity index is 0.971. The van der Waals surface area contributed by atoms with Crippen LogP contribution in [-0.2, 0) is 5.41 Å². The van der Waals surface area contributed by atoms with E-state index >= 15 is 0 Å². The van der Waals surface area contributed by atoms with Crippen LogP contribution in [0, 0.1) is 6.92 Å². The molecule has 2 aromatic heterocycles. The zero-order chi connectivity index (χ0) is 42.4. The van der Waals surface area contributed by atoms with E-state index < -0.39 is 5.41 Å². The van der Waals surface area contributed by atoms with Crippen molar-refractivity contribution >= 4 is 54.1 Å². The summed E-state index contributed by atoms with van der Waals surface area (Å²) in [6, 6.07) is 82.1. The number of pyridine rings is 2. The smallest absolute Gasteiger partial charge is 0.0790 e. The van der Waals surface area contributed by atoms with E-state index in [0.717, 1.165) is 55.1 Å². The fourth-order valence-electron chi connectivity index (χ4n) is 10.9. The average Bonchev–Trinajstić information content (AvgIpc) is 3.65. The van der Waals surface area contributed by atoms with Crippen LogP contribution in [0.5, 0.6) is 0 Å². The largest absolute Gasteiger partial charge is 0.247 e. The minimum atomic E-state index is -0.481. The molecule has 298 valence electrons. The van der Waals surface area contributed by atoms with E-state index in [-0.39, 0.29) is 0 Å². The SMILES string of the molecule is Cc1c(-c2ccccc2)ccc2ccc3ccc(-c4ccc5cc(-c6nc7ccccc7c7cc8c(cc67)-c6ccccc6C8(c6ccccc6)c6ccccc6)ccc5c4)nc3c12. The van der Waals surface area contributed by atoms with Crippen molar-refractivity contribution in [3.05, 3.63) is 252 Å². The molecule has 0 bridgehead atoms. The maximum atomic E-state index is 5.46. The summed E-state index contributed by atoms with van der Waals surface area (Å²) in [5.41, 5.74) is 17.1. The van der Waals surface area contributed by atoms with Gasteiger partial charge in [0.1, 0.15) is 0 Å². The Bertz CT molecular complexity index is 3800. The predicted octanol–water partition coefficient (Wildman–Crippen LogP) is 15.9. The summed E-state index contributed by atoms with van der Waals surface area (Å²) in [7, 11) is 0. The van der Waals surface area contributed by atoms with Gasteiger partial charge in [-0.1, -0.05) is 188 Å². The van der Waals surface area contributed by atoms with Crippen LogP contribution >= 0.6 is 0 Å². The predicted molar refractivity (Wildman–Crippen MR) is 268 cm³/mol. The summed E-state index contributed by atoms with van der Waals surface area (Å²) in [6.07, 6.45) is 0. The first-order valence-corrected chi connectivity index (χ1v) is 22.1. The van der Waals surface area contributed by atoms with Gasteiger partial charge in [-0.3, -0.25) is 0 Å². The van der Waals surface area contributed by atoms with Crippen LogP contribution in [0.15, 0.2) is 224 Å². The summed E-state index contributed by atoms with van der Waals surface area (Å²) in [6.45, 7) is 2.23. The lowest BCUT2D eigenvalue weighted by molar-refractivity contribution is 0.769. The zero-order valence-corrected chi connectivity index (χ0v) is 35.3. The highest BCUT2D eigenvalue weighted by Gasteiger charge is 2.46. The van der Waals surface area contributed by atoms with Gasteiger partial charge in [-0.05, 0) is 115 Å². The number of rotatable bonds is 5. The molecule has 0 saturated heterocycles.